The number of carbonyl (C=O) groups is 2. The summed E-state index contributed by atoms with van der Waals surface area (Å²) >= 11 is 12.2. The lowest BCUT2D eigenvalue weighted by Crippen LogP contribution is -2.22. The summed E-state index contributed by atoms with van der Waals surface area (Å²) in [4.78, 5) is 28.8. The summed E-state index contributed by atoms with van der Waals surface area (Å²) in [6, 6.07) is 12.8. The lowest BCUT2D eigenvalue weighted by Gasteiger charge is -2.22. The third-order valence-corrected chi connectivity index (χ3v) is 5.74. The number of primary amides is 1. The number of hydrogen-bond donors (Lipinski definition) is 1. The Balaban J connectivity index is 1.87. The van der Waals surface area contributed by atoms with Gasteiger partial charge in [-0.05, 0) is 60.2 Å². The van der Waals surface area contributed by atoms with Crippen LogP contribution in [0.5, 0.6) is 0 Å². The molecule has 0 fully saturated rings. The summed E-state index contributed by atoms with van der Waals surface area (Å²) in [7, 11) is 0. The minimum atomic E-state index is -0.698. The summed E-state index contributed by atoms with van der Waals surface area (Å²) < 4.78 is 5.15. The van der Waals surface area contributed by atoms with Crippen LogP contribution in [0.25, 0.3) is 22.6 Å². The second-order valence-electron chi connectivity index (χ2n) is 7.07. The average molecular weight is 441 g/mol. The van der Waals surface area contributed by atoms with Crippen molar-refractivity contribution >= 4 is 57.6 Å². The van der Waals surface area contributed by atoms with Crippen molar-refractivity contribution in [3.05, 3.63) is 74.9 Å². The fourth-order valence-electron chi connectivity index (χ4n) is 3.72. The summed E-state index contributed by atoms with van der Waals surface area (Å²) in [5.74, 6) is -1.27. The van der Waals surface area contributed by atoms with Gasteiger partial charge in [0.25, 0.3) is 5.91 Å². The van der Waals surface area contributed by atoms with Crippen molar-refractivity contribution in [2.24, 2.45) is 5.73 Å². The van der Waals surface area contributed by atoms with Gasteiger partial charge in [0.15, 0.2) is 6.61 Å². The Kier molecular flexibility index (Phi) is 5.75. The first-order valence-corrected chi connectivity index (χ1v) is 10.2. The van der Waals surface area contributed by atoms with E-state index in [-0.39, 0.29) is 0 Å². The predicted octanol–water partition coefficient (Wildman–Crippen LogP) is 5.06. The molecule has 0 spiro atoms. The second-order valence-corrected chi connectivity index (χ2v) is 7.88. The Morgan fingerprint density at radius 2 is 1.90 bits per heavy atom. The Labute approximate surface area is 183 Å². The number of para-hydroxylation sites is 1. The highest BCUT2D eigenvalue weighted by molar-refractivity contribution is 6.42. The van der Waals surface area contributed by atoms with Crippen molar-refractivity contribution in [2.45, 2.75) is 19.3 Å². The molecule has 1 aliphatic rings. The number of esters is 1. The van der Waals surface area contributed by atoms with Crippen LogP contribution in [-0.2, 0) is 16.0 Å². The molecule has 1 aromatic heterocycles. The average Bonchev–Trinajstić information content (AvgIpc) is 2.73. The molecule has 0 atom stereocenters. The molecule has 0 bridgehead atoms. The number of ether oxygens (including phenoxy) is 1. The number of benzene rings is 2. The highest BCUT2D eigenvalue weighted by atomic mass is 35.5. The van der Waals surface area contributed by atoms with Crippen molar-refractivity contribution in [1.82, 2.24) is 4.98 Å². The molecular formula is C23H18Cl2N2O3. The van der Waals surface area contributed by atoms with Crippen LogP contribution in [-0.4, -0.2) is 23.5 Å². The van der Waals surface area contributed by atoms with Gasteiger partial charge < -0.3 is 10.5 Å². The molecule has 5 nitrogen and oxygen atoms in total. The molecule has 152 valence electrons. The van der Waals surface area contributed by atoms with Crippen molar-refractivity contribution in [3.8, 4) is 0 Å². The standard InChI is InChI=1S/C23H18Cl2N2O3/c24-17-9-8-13(11-18(17)25)10-14-4-3-6-16-21(23(29)30-12-20(26)28)15-5-1-2-7-19(15)27-22(14)16/h1-2,5,7-11H,3-4,6,12H2,(H2,26,28)/b14-10-. The van der Waals surface area contributed by atoms with Gasteiger partial charge >= 0.3 is 5.97 Å². The lowest BCUT2D eigenvalue weighted by molar-refractivity contribution is -0.121. The molecule has 0 unspecified atom stereocenters. The van der Waals surface area contributed by atoms with Crippen LogP contribution in [0.15, 0.2) is 42.5 Å². The largest absolute Gasteiger partial charge is 0.452 e. The van der Waals surface area contributed by atoms with Crippen LogP contribution < -0.4 is 5.73 Å². The first-order chi connectivity index (χ1) is 14.4. The zero-order chi connectivity index (χ0) is 21.3. The summed E-state index contributed by atoms with van der Waals surface area (Å²) in [5, 5.41) is 1.66. The molecule has 0 saturated carbocycles. The van der Waals surface area contributed by atoms with Gasteiger partial charge in [0.05, 0.1) is 26.8 Å². The topological polar surface area (TPSA) is 82.3 Å². The molecule has 30 heavy (non-hydrogen) atoms. The van der Waals surface area contributed by atoms with Crippen LogP contribution in [0.1, 0.15) is 40.0 Å². The molecule has 1 aliphatic carbocycles. The third kappa shape index (κ3) is 4.04. The maximum atomic E-state index is 12.9. The second kappa shape index (κ2) is 8.46. The van der Waals surface area contributed by atoms with E-state index in [1.54, 1.807) is 12.1 Å². The van der Waals surface area contributed by atoms with Gasteiger partial charge in [-0.2, -0.15) is 0 Å². The van der Waals surface area contributed by atoms with Crippen LogP contribution >= 0.6 is 23.2 Å². The van der Waals surface area contributed by atoms with Gasteiger partial charge in [-0.25, -0.2) is 9.78 Å². The van der Waals surface area contributed by atoms with Crippen LogP contribution in [0.3, 0.4) is 0 Å². The number of amides is 1. The highest BCUT2D eigenvalue weighted by Crippen LogP contribution is 2.37. The smallest absolute Gasteiger partial charge is 0.339 e. The van der Waals surface area contributed by atoms with Crippen molar-refractivity contribution < 1.29 is 14.3 Å². The number of rotatable bonds is 4. The number of nitrogens with two attached hydrogens (primary N) is 1. The molecular weight excluding hydrogens is 423 g/mol. The maximum Gasteiger partial charge on any atom is 0.339 e. The fraction of sp³-hybridized carbons (Fsp3) is 0.174. The van der Waals surface area contributed by atoms with E-state index in [9.17, 15) is 9.59 Å². The quantitative estimate of drug-likeness (QED) is 0.574. The number of fused-ring (bicyclic) bond motifs is 2. The Morgan fingerprint density at radius 1 is 1.10 bits per heavy atom. The van der Waals surface area contributed by atoms with Gasteiger partial charge in [0.1, 0.15) is 0 Å². The molecule has 2 N–H and O–H groups in total. The Morgan fingerprint density at radius 3 is 2.67 bits per heavy atom. The molecule has 7 heteroatoms. The van der Waals surface area contributed by atoms with Crippen LogP contribution in [0, 0.1) is 0 Å². The SMILES string of the molecule is NC(=O)COC(=O)c1c2c(nc3ccccc13)/C(=C\c1ccc(Cl)c(Cl)c1)CCC2. The molecule has 2 aromatic carbocycles. The van der Waals surface area contributed by atoms with Crippen molar-refractivity contribution in [2.75, 3.05) is 6.61 Å². The van der Waals surface area contributed by atoms with Gasteiger partial charge in [-0.3, -0.25) is 4.79 Å². The molecule has 4 rings (SSSR count). The normalized spacial score (nSPS) is 14.5. The maximum absolute atomic E-state index is 12.9. The lowest BCUT2D eigenvalue weighted by atomic mass is 9.86. The van der Waals surface area contributed by atoms with Gasteiger partial charge in [0.2, 0.25) is 0 Å². The van der Waals surface area contributed by atoms with E-state index in [1.807, 2.05) is 36.4 Å². The molecule has 1 heterocycles. The van der Waals surface area contributed by atoms with Crippen LogP contribution in [0.4, 0.5) is 0 Å². The van der Waals surface area contributed by atoms with E-state index in [1.165, 1.54) is 0 Å². The van der Waals surface area contributed by atoms with E-state index in [0.717, 1.165) is 35.2 Å². The van der Waals surface area contributed by atoms with Crippen molar-refractivity contribution in [1.29, 1.82) is 0 Å². The third-order valence-electron chi connectivity index (χ3n) is 5.00. The van der Waals surface area contributed by atoms with Gasteiger partial charge in [0, 0.05) is 5.39 Å². The fourth-order valence-corrected chi connectivity index (χ4v) is 4.03. The molecule has 0 saturated heterocycles. The first kappa shape index (κ1) is 20.4. The number of hydrogen-bond acceptors (Lipinski definition) is 4. The van der Waals surface area contributed by atoms with E-state index in [0.29, 0.717) is 32.9 Å². The van der Waals surface area contributed by atoms with E-state index in [4.69, 9.17) is 38.7 Å². The van der Waals surface area contributed by atoms with E-state index < -0.39 is 18.5 Å². The number of pyridine rings is 1. The number of aromatic nitrogens is 1. The minimum Gasteiger partial charge on any atom is -0.452 e. The number of allylic oxidation sites excluding steroid dienone is 1. The molecule has 0 radical (unpaired) electrons. The predicted molar refractivity (Wildman–Crippen MR) is 118 cm³/mol. The molecule has 1 amide bonds. The van der Waals surface area contributed by atoms with Crippen molar-refractivity contribution in [3.63, 3.8) is 0 Å². The zero-order valence-corrected chi connectivity index (χ0v) is 17.5. The monoisotopic (exact) mass is 440 g/mol. The molecule has 3 aromatic rings. The molecule has 0 aliphatic heterocycles. The first-order valence-electron chi connectivity index (χ1n) is 9.47. The number of nitrogens with zero attached hydrogens (tertiary/aromatic N) is 1. The van der Waals surface area contributed by atoms with E-state index in [2.05, 4.69) is 0 Å². The summed E-state index contributed by atoms with van der Waals surface area (Å²) in [6.07, 6.45) is 4.37. The Bertz CT molecular complexity index is 1200. The zero-order valence-electron chi connectivity index (χ0n) is 16.0. The Hall–Kier alpha value is -2.89. The number of halogens is 2. The van der Waals surface area contributed by atoms with E-state index >= 15 is 0 Å². The van der Waals surface area contributed by atoms with Gasteiger partial charge in [-0.1, -0.05) is 47.5 Å². The number of carbonyl (C=O) groups excluding carboxylic acids is 2. The minimum absolute atomic E-state index is 0.441. The van der Waals surface area contributed by atoms with Crippen LogP contribution in [0.2, 0.25) is 10.0 Å². The summed E-state index contributed by atoms with van der Waals surface area (Å²) in [6.45, 7) is -0.462. The highest BCUT2D eigenvalue weighted by Gasteiger charge is 2.26. The van der Waals surface area contributed by atoms with Gasteiger partial charge in [-0.15, -0.1) is 0 Å². The summed E-state index contributed by atoms with van der Waals surface area (Å²) in [5.41, 5.74) is 9.76.